The monoisotopic (exact) mass is 546 g/mol. The van der Waals surface area contributed by atoms with E-state index in [1.165, 1.54) is 20.5 Å². The highest BCUT2D eigenvalue weighted by atomic mass is 16.5. The van der Waals surface area contributed by atoms with Gasteiger partial charge in [-0.3, -0.25) is 14.4 Å². The maximum absolute atomic E-state index is 15.0. The average Bonchev–Trinajstić information content (AvgIpc) is 3.73. The summed E-state index contributed by atoms with van der Waals surface area (Å²) >= 11 is 0. The number of nitrogens with zero attached hydrogens (tertiary/aromatic N) is 1. The first-order valence-corrected chi connectivity index (χ1v) is 13.3. The van der Waals surface area contributed by atoms with Gasteiger partial charge in [0.15, 0.2) is 11.5 Å². The topological polar surface area (TPSA) is 98.1 Å². The molecule has 4 heterocycles. The van der Waals surface area contributed by atoms with E-state index in [4.69, 9.17) is 13.9 Å². The Morgan fingerprint density at radius 1 is 0.927 bits per heavy atom. The van der Waals surface area contributed by atoms with E-state index in [1.807, 2.05) is 65.7 Å². The molecule has 4 aromatic rings. The van der Waals surface area contributed by atoms with E-state index in [2.05, 4.69) is 5.32 Å². The molecule has 1 fully saturated rings. The number of Topliss-reactive ketones (excluding diaryl/α,β-unsaturated/α-hetero) is 2. The van der Waals surface area contributed by atoms with Gasteiger partial charge < -0.3 is 24.1 Å². The van der Waals surface area contributed by atoms with Crippen molar-refractivity contribution in [1.82, 2.24) is 4.90 Å². The Kier molecular flexibility index (Phi) is 5.61. The maximum atomic E-state index is 15.0. The maximum Gasteiger partial charge on any atom is 0.238 e. The smallest absolute Gasteiger partial charge is 0.238 e. The summed E-state index contributed by atoms with van der Waals surface area (Å²) in [6.07, 6.45) is 5.17. The van der Waals surface area contributed by atoms with Crippen LogP contribution in [0.4, 0.5) is 5.69 Å². The minimum atomic E-state index is -1.45. The van der Waals surface area contributed by atoms with Crippen LogP contribution in [0.2, 0.25) is 0 Å². The van der Waals surface area contributed by atoms with E-state index >= 15 is 4.79 Å². The van der Waals surface area contributed by atoms with Crippen molar-refractivity contribution in [3.63, 3.8) is 0 Å². The first-order chi connectivity index (χ1) is 20.0. The summed E-state index contributed by atoms with van der Waals surface area (Å²) in [5.41, 5.74) is 1.83. The van der Waals surface area contributed by atoms with Crippen LogP contribution >= 0.6 is 0 Å². The predicted octanol–water partition coefficient (Wildman–Crippen LogP) is 5.28. The molecule has 1 aromatic heterocycles. The molecular formula is C33H26N2O6. The van der Waals surface area contributed by atoms with Crippen LogP contribution in [0, 0.1) is 5.92 Å². The van der Waals surface area contributed by atoms with Crippen LogP contribution in [0.5, 0.6) is 11.5 Å². The van der Waals surface area contributed by atoms with Crippen molar-refractivity contribution < 1.29 is 28.3 Å². The van der Waals surface area contributed by atoms with Gasteiger partial charge in [0.25, 0.3) is 0 Å². The fourth-order valence-electron chi connectivity index (χ4n) is 6.91. The zero-order chi connectivity index (χ0) is 28.3. The Morgan fingerprint density at radius 3 is 2.51 bits per heavy atom. The van der Waals surface area contributed by atoms with E-state index in [0.717, 1.165) is 11.1 Å². The number of rotatable bonds is 6. The van der Waals surface area contributed by atoms with Crippen molar-refractivity contribution in [3.05, 3.63) is 119 Å². The number of anilines is 1. The third-order valence-electron chi connectivity index (χ3n) is 8.56. The number of hydrogen-bond donors (Lipinski definition) is 1. The number of para-hydroxylation sites is 1. The Labute approximate surface area is 236 Å². The average molecular weight is 547 g/mol. The minimum Gasteiger partial charge on any atom is -0.497 e. The second-order valence-corrected chi connectivity index (χ2v) is 10.4. The Morgan fingerprint density at radius 2 is 1.73 bits per heavy atom. The summed E-state index contributed by atoms with van der Waals surface area (Å²) in [5.74, 6) is -1.40. The van der Waals surface area contributed by atoms with Crippen LogP contribution in [-0.4, -0.2) is 42.6 Å². The summed E-state index contributed by atoms with van der Waals surface area (Å²) < 4.78 is 16.6. The molecule has 4 atom stereocenters. The quantitative estimate of drug-likeness (QED) is 0.329. The third-order valence-corrected chi connectivity index (χ3v) is 8.56. The number of methoxy groups -OCH3 is 2. The lowest BCUT2D eigenvalue weighted by Crippen LogP contribution is -2.49. The number of nitrogens with one attached hydrogen (secondary N) is 1. The van der Waals surface area contributed by atoms with Crippen molar-refractivity contribution >= 4 is 29.2 Å². The summed E-state index contributed by atoms with van der Waals surface area (Å²) in [6.45, 7) is 0. The van der Waals surface area contributed by atoms with Gasteiger partial charge in [0, 0.05) is 11.9 Å². The molecule has 3 aromatic carbocycles. The van der Waals surface area contributed by atoms with Crippen molar-refractivity contribution in [1.29, 1.82) is 0 Å². The van der Waals surface area contributed by atoms with Crippen LogP contribution in [0.1, 0.15) is 43.6 Å². The number of hydrogen-bond acceptors (Lipinski definition) is 7. The number of ether oxygens (including phenoxy) is 2. The van der Waals surface area contributed by atoms with Crippen LogP contribution in [0.25, 0.3) is 6.08 Å². The molecule has 1 saturated heterocycles. The molecule has 3 aliphatic heterocycles. The molecule has 8 heteroatoms. The van der Waals surface area contributed by atoms with E-state index in [0.29, 0.717) is 22.7 Å². The number of benzene rings is 3. The van der Waals surface area contributed by atoms with Crippen molar-refractivity contribution in [2.24, 2.45) is 5.92 Å². The van der Waals surface area contributed by atoms with Crippen LogP contribution in [0.15, 0.2) is 95.7 Å². The molecule has 8 nitrogen and oxygen atoms in total. The van der Waals surface area contributed by atoms with E-state index in [1.54, 1.807) is 30.3 Å². The molecule has 0 aliphatic carbocycles. The molecule has 0 unspecified atom stereocenters. The minimum absolute atomic E-state index is 0.111. The van der Waals surface area contributed by atoms with Crippen molar-refractivity contribution in [3.8, 4) is 11.5 Å². The standard InChI is InChI=1S/C33H26N2O6/c1-39-20-13-14-25(40-2)22(18-20)29(36)27-28(30(37)26-12-7-17-41-26)35-16-15-19-8-3-4-9-21(19)31(35)33(27)23-10-5-6-11-24(23)34-32(33)38/h3-18,27-28,31H,1-2H3,(H,34,38)/t27-,28+,31-,33+/m0/s1. The molecule has 0 radical (unpaired) electrons. The van der Waals surface area contributed by atoms with Crippen molar-refractivity contribution in [2.75, 3.05) is 19.5 Å². The number of carbonyl (C=O) groups excluding carboxylic acids is 3. The van der Waals surface area contributed by atoms with Gasteiger partial charge in [-0.15, -0.1) is 0 Å². The summed E-state index contributed by atoms with van der Waals surface area (Å²) in [4.78, 5) is 45.7. The molecule has 0 saturated carbocycles. The lowest BCUT2D eigenvalue weighted by Gasteiger charge is -2.38. The molecule has 3 aliphatic rings. The molecule has 41 heavy (non-hydrogen) atoms. The van der Waals surface area contributed by atoms with Gasteiger partial charge in [0.2, 0.25) is 11.7 Å². The summed E-state index contributed by atoms with van der Waals surface area (Å²) in [6, 6.07) is 21.6. The van der Waals surface area contributed by atoms with Crippen molar-refractivity contribution in [2.45, 2.75) is 17.5 Å². The van der Waals surface area contributed by atoms with E-state index in [9.17, 15) is 9.59 Å². The molecular weight excluding hydrogens is 520 g/mol. The van der Waals surface area contributed by atoms with Gasteiger partial charge in [-0.2, -0.15) is 0 Å². The van der Waals surface area contributed by atoms with Gasteiger partial charge in [-0.1, -0.05) is 42.5 Å². The van der Waals surface area contributed by atoms with Gasteiger partial charge in [0.1, 0.15) is 23.0 Å². The molecule has 204 valence electrons. The highest BCUT2D eigenvalue weighted by Crippen LogP contribution is 2.62. The summed E-state index contributed by atoms with van der Waals surface area (Å²) in [5, 5.41) is 3.04. The Hall–Kier alpha value is -5.11. The number of amides is 1. The first kappa shape index (κ1) is 24.9. The zero-order valence-electron chi connectivity index (χ0n) is 22.4. The lowest BCUT2D eigenvalue weighted by atomic mass is 9.62. The highest BCUT2D eigenvalue weighted by Gasteiger charge is 2.71. The number of ketones is 2. The normalized spacial score (nSPS) is 23.5. The molecule has 0 bridgehead atoms. The molecule has 1 N–H and O–H groups in total. The molecule has 7 rings (SSSR count). The Bertz CT molecular complexity index is 1740. The summed E-state index contributed by atoms with van der Waals surface area (Å²) in [7, 11) is 2.99. The fourth-order valence-corrected chi connectivity index (χ4v) is 6.91. The predicted molar refractivity (Wildman–Crippen MR) is 151 cm³/mol. The van der Waals surface area contributed by atoms with Gasteiger partial charge >= 0.3 is 0 Å². The lowest BCUT2D eigenvalue weighted by molar-refractivity contribution is -0.122. The largest absolute Gasteiger partial charge is 0.497 e. The number of fused-ring (bicyclic) bond motifs is 6. The van der Waals surface area contributed by atoms with Crippen LogP contribution in [0.3, 0.4) is 0 Å². The van der Waals surface area contributed by atoms with E-state index < -0.39 is 35.0 Å². The van der Waals surface area contributed by atoms with Gasteiger partial charge in [0.05, 0.1) is 38.0 Å². The molecule has 1 amide bonds. The zero-order valence-corrected chi connectivity index (χ0v) is 22.4. The number of carbonyl (C=O) groups is 3. The van der Waals surface area contributed by atoms with Gasteiger partial charge in [-0.05, 0) is 59.2 Å². The van der Waals surface area contributed by atoms with Crippen LogP contribution in [-0.2, 0) is 10.2 Å². The van der Waals surface area contributed by atoms with Crippen LogP contribution < -0.4 is 14.8 Å². The highest BCUT2D eigenvalue weighted by molar-refractivity contribution is 6.17. The second-order valence-electron chi connectivity index (χ2n) is 10.4. The van der Waals surface area contributed by atoms with Gasteiger partial charge in [-0.25, -0.2) is 0 Å². The SMILES string of the molecule is COc1ccc(OC)c(C(=O)[C@@H]2[C@H](C(=O)c3ccco3)N3C=Cc4ccccc4[C@H]3[C@]23C(=O)Nc2ccccc23)c1. The fraction of sp³-hybridized carbons (Fsp3) is 0.182. The second kappa shape index (κ2) is 9.23. The Balaban J connectivity index is 1.56. The molecule has 1 spiro atoms. The first-order valence-electron chi connectivity index (χ1n) is 13.3. The third kappa shape index (κ3) is 3.37. The number of furan rings is 1. The van der Waals surface area contributed by atoms with E-state index in [-0.39, 0.29) is 17.2 Å².